The standard InChI is InChI=1S/C22H32N2O6S2/c1-15-21(3,4)17-14-20-18(13-19(17)23(15)9-7-11-31-30-29-25)22(5,6)16(2)24(20)10-8-12-32(26,27)28/h13-14H,7-12H2,1-6H3/p+2. The summed E-state index contributed by atoms with van der Waals surface area (Å²) in [5, 5.41) is 11.9. The van der Waals surface area contributed by atoms with Crippen LogP contribution in [0.15, 0.2) is 12.1 Å². The summed E-state index contributed by atoms with van der Waals surface area (Å²) in [5.41, 5.74) is 6.93. The van der Waals surface area contributed by atoms with Crippen LogP contribution in [-0.4, -0.2) is 63.4 Å². The Hall–Kier alpha value is -1.30. The lowest BCUT2D eigenvalue weighted by molar-refractivity contribution is -0.442. The van der Waals surface area contributed by atoms with Crippen molar-refractivity contribution in [1.82, 2.24) is 0 Å². The van der Waals surface area contributed by atoms with Gasteiger partial charge in [-0.25, -0.2) is 5.26 Å². The molecular weight excluding hydrogens is 452 g/mol. The van der Waals surface area contributed by atoms with Gasteiger partial charge in [0.15, 0.2) is 11.4 Å². The van der Waals surface area contributed by atoms with E-state index in [1.165, 1.54) is 28.2 Å². The molecule has 0 saturated carbocycles. The molecule has 0 bridgehead atoms. The number of rotatable bonds is 10. The molecule has 0 spiro atoms. The molecular formula is C22H34N2O6S2+2. The summed E-state index contributed by atoms with van der Waals surface area (Å²) in [4.78, 5) is 0. The van der Waals surface area contributed by atoms with E-state index in [-0.39, 0.29) is 16.6 Å². The SMILES string of the molecule is CC1=[N+](CCCSOOO)c2cc3c(cc2C1(C)C)[N+](CCCS(=O)(=O)O)=C(C)C3(C)C. The van der Waals surface area contributed by atoms with Crippen molar-refractivity contribution in [3.63, 3.8) is 0 Å². The Bertz CT molecular complexity index is 1070. The van der Waals surface area contributed by atoms with E-state index in [9.17, 15) is 8.42 Å². The Kier molecular flexibility index (Phi) is 7.24. The number of nitrogens with zero attached hydrogens (tertiary/aromatic N) is 2. The molecule has 0 atom stereocenters. The van der Waals surface area contributed by atoms with Crippen molar-refractivity contribution in [3.05, 3.63) is 23.3 Å². The highest BCUT2D eigenvalue weighted by Crippen LogP contribution is 2.48. The van der Waals surface area contributed by atoms with Gasteiger partial charge in [0.1, 0.15) is 13.1 Å². The van der Waals surface area contributed by atoms with Crippen molar-refractivity contribution in [2.24, 2.45) is 0 Å². The molecule has 0 saturated heterocycles. The quantitative estimate of drug-likeness (QED) is 0.128. The van der Waals surface area contributed by atoms with Gasteiger partial charge in [0.25, 0.3) is 10.1 Å². The van der Waals surface area contributed by atoms with E-state index in [4.69, 9.17) is 9.81 Å². The third-order valence-corrected chi connectivity index (χ3v) is 8.55. The molecule has 3 rings (SSSR count). The topological polar surface area (TPSA) is 99.1 Å². The monoisotopic (exact) mass is 486 g/mol. The molecule has 2 aliphatic heterocycles. The Morgan fingerprint density at radius 1 is 0.938 bits per heavy atom. The van der Waals surface area contributed by atoms with Gasteiger partial charge >= 0.3 is 0 Å². The lowest BCUT2D eigenvalue weighted by Crippen LogP contribution is -2.27. The van der Waals surface area contributed by atoms with E-state index in [1.807, 2.05) is 0 Å². The van der Waals surface area contributed by atoms with Crippen LogP contribution >= 0.6 is 12.0 Å². The zero-order valence-electron chi connectivity index (χ0n) is 19.6. The third-order valence-electron chi connectivity index (χ3n) is 7.13. The minimum absolute atomic E-state index is 0.136. The maximum atomic E-state index is 11.2. The summed E-state index contributed by atoms with van der Waals surface area (Å²) in [6.07, 6.45) is 1.22. The fourth-order valence-electron chi connectivity index (χ4n) is 4.77. The van der Waals surface area contributed by atoms with E-state index < -0.39 is 10.1 Å². The van der Waals surface area contributed by atoms with Gasteiger partial charge in [0.05, 0.1) is 16.6 Å². The summed E-state index contributed by atoms with van der Waals surface area (Å²) in [6.45, 7) is 14.5. The average Bonchev–Trinajstić information content (AvgIpc) is 3.00. The van der Waals surface area contributed by atoms with Gasteiger partial charge in [-0.15, -0.1) is 4.33 Å². The molecule has 0 radical (unpaired) electrons. The Morgan fingerprint density at radius 2 is 1.41 bits per heavy atom. The van der Waals surface area contributed by atoms with Crippen LogP contribution in [0.4, 0.5) is 11.4 Å². The molecule has 0 fully saturated rings. The van der Waals surface area contributed by atoms with Gasteiger partial charge in [0.2, 0.25) is 11.4 Å². The summed E-state index contributed by atoms with van der Waals surface area (Å²) in [7, 11) is -3.98. The maximum absolute atomic E-state index is 11.2. The molecule has 0 amide bonds. The van der Waals surface area contributed by atoms with Crippen LogP contribution in [0.1, 0.15) is 65.5 Å². The van der Waals surface area contributed by atoms with E-state index in [0.29, 0.717) is 18.7 Å². The highest BCUT2D eigenvalue weighted by Gasteiger charge is 2.49. The highest BCUT2D eigenvalue weighted by molar-refractivity contribution is 7.94. The summed E-state index contributed by atoms with van der Waals surface area (Å²) in [5.74, 6) is 0.442. The molecule has 0 unspecified atom stereocenters. The molecule has 0 aromatic heterocycles. The lowest BCUT2D eigenvalue weighted by atomic mass is 9.78. The molecule has 1 aromatic rings. The predicted molar refractivity (Wildman–Crippen MR) is 126 cm³/mol. The van der Waals surface area contributed by atoms with Crippen LogP contribution in [0.5, 0.6) is 0 Å². The summed E-state index contributed by atoms with van der Waals surface area (Å²) in [6, 6.07) is 4.55. The van der Waals surface area contributed by atoms with E-state index in [1.54, 1.807) is 0 Å². The maximum Gasteiger partial charge on any atom is 0.265 e. The molecule has 2 N–H and O–H groups in total. The van der Waals surface area contributed by atoms with Gasteiger partial charge in [-0.2, -0.15) is 17.6 Å². The Morgan fingerprint density at radius 3 is 1.84 bits per heavy atom. The Balaban J connectivity index is 1.96. The van der Waals surface area contributed by atoms with Crippen LogP contribution in [0.3, 0.4) is 0 Å². The van der Waals surface area contributed by atoms with Crippen molar-refractivity contribution in [2.75, 3.05) is 24.6 Å². The van der Waals surface area contributed by atoms with Crippen molar-refractivity contribution < 1.29 is 36.8 Å². The zero-order chi connectivity index (χ0) is 23.9. The van der Waals surface area contributed by atoms with Gasteiger partial charge < -0.3 is 0 Å². The van der Waals surface area contributed by atoms with Crippen LogP contribution in [0.2, 0.25) is 0 Å². The zero-order valence-corrected chi connectivity index (χ0v) is 21.3. The van der Waals surface area contributed by atoms with Crippen LogP contribution in [0, 0.1) is 0 Å². The minimum atomic E-state index is -3.98. The van der Waals surface area contributed by atoms with Crippen molar-refractivity contribution in [3.8, 4) is 0 Å². The largest absolute Gasteiger partial charge is 0.286 e. The number of hydrogen-bond acceptors (Lipinski definition) is 6. The molecule has 8 nitrogen and oxygen atoms in total. The number of fused-ring (bicyclic) bond motifs is 2. The fourth-order valence-corrected chi connectivity index (χ4v) is 5.62. The number of benzene rings is 1. The number of hydrogen-bond donors (Lipinski definition) is 2. The van der Waals surface area contributed by atoms with Crippen molar-refractivity contribution in [1.29, 1.82) is 0 Å². The molecule has 178 valence electrons. The smallest absolute Gasteiger partial charge is 0.265 e. The van der Waals surface area contributed by atoms with Crippen LogP contribution < -0.4 is 0 Å². The first-order chi connectivity index (χ1) is 14.8. The first-order valence-electron chi connectivity index (χ1n) is 10.8. The molecule has 32 heavy (non-hydrogen) atoms. The van der Waals surface area contributed by atoms with Crippen LogP contribution in [-0.2, 0) is 30.3 Å². The fraction of sp³-hybridized carbons (Fsp3) is 0.636. The second-order valence-corrected chi connectivity index (χ2v) is 11.9. The molecule has 0 aliphatic carbocycles. The molecule has 10 heteroatoms. The van der Waals surface area contributed by atoms with Crippen molar-refractivity contribution >= 4 is 45.0 Å². The summed E-state index contributed by atoms with van der Waals surface area (Å²) < 4.78 is 40.6. The van der Waals surface area contributed by atoms with E-state index in [0.717, 1.165) is 30.7 Å². The molecule has 2 heterocycles. The Labute approximate surface area is 194 Å². The van der Waals surface area contributed by atoms with Crippen molar-refractivity contribution in [2.45, 2.75) is 65.2 Å². The predicted octanol–water partition coefficient (Wildman–Crippen LogP) is 4.22. The van der Waals surface area contributed by atoms with E-state index in [2.05, 4.69) is 72.2 Å². The third kappa shape index (κ3) is 4.67. The second-order valence-electron chi connectivity index (χ2n) is 9.57. The normalized spacial score (nSPS) is 19.0. The highest BCUT2D eigenvalue weighted by atomic mass is 32.2. The minimum Gasteiger partial charge on any atom is -0.286 e. The molecule has 2 aliphatic rings. The first-order valence-corrected chi connectivity index (χ1v) is 13.3. The lowest BCUT2D eigenvalue weighted by Gasteiger charge is -2.17. The summed E-state index contributed by atoms with van der Waals surface area (Å²) >= 11 is 1.07. The second kappa shape index (κ2) is 9.15. The van der Waals surface area contributed by atoms with Crippen LogP contribution in [0.25, 0.3) is 0 Å². The van der Waals surface area contributed by atoms with E-state index >= 15 is 0 Å². The molecule has 1 aromatic carbocycles. The average molecular weight is 487 g/mol. The van der Waals surface area contributed by atoms with Gasteiger partial charge in [-0.05, 0) is 27.7 Å². The van der Waals surface area contributed by atoms with Gasteiger partial charge in [-0.3, -0.25) is 4.55 Å². The van der Waals surface area contributed by atoms with Gasteiger partial charge in [0, 0.05) is 67.7 Å². The first kappa shape index (κ1) is 25.3. The van der Waals surface area contributed by atoms with Gasteiger partial charge in [-0.1, -0.05) is 5.04 Å².